The number of rotatable bonds is 7. The zero-order chi connectivity index (χ0) is 21.8. The number of thiophene rings is 1. The first kappa shape index (κ1) is 22.1. The van der Waals surface area contributed by atoms with Gasteiger partial charge >= 0.3 is 0 Å². The number of carbonyl (C=O) groups excluding carboxylic acids is 1. The Bertz CT molecular complexity index is 932. The van der Waals surface area contributed by atoms with Crippen molar-refractivity contribution in [2.24, 2.45) is 0 Å². The van der Waals surface area contributed by atoms with E-state index in [1.807, 2.05) is 0 Å². The summed E-state index contributed by atoms with van der Waals surface area (Å²) >= 11 is 1.76. The number of aromatic nitrogens is 2. The van der Waals surface area contributed by atoms with E-state index in [2.05, 4.69) is 40.4 Å². The molecule has 0 saturated carbocycles. The Morgan fingerprint density at radius 3 is 2.58 bits per heavy atom. The van der Waals surface area contributed by atoms with Gasteiger partial charge in [0.05, 0.1) is 31.7 Å². The molecule has 2 aliphatic rings. The van der Waals surface area contributed by atoms with E-state index in [0.29, 0.717) is 13.1 Å². The van der Waals surface area contributed by atoms with Crippen molar-refractivity contribution < 1.29 is 9.53 Å². The van der Waals surface area contributed by atoms with Crippen LogP contribution in [0.5, 0.6) is 0 Å². The number of hydrogen-bond donors (Lipinski definition) is 1. The van der Waals surface area contributed by atoms with Crippen molar-refractivity contribution in [3.8, 4) is 0 Å². The Hall–Kier alpha value is -2.07. The number of aryl methyl sites for hydroxylation is 2. The van der Waals surface area contributed by atoms with Gasteiger partial charge in [0.1, 0.15) is 16.5 Å². The lowest BCUT2D eigenvalue weighted by atomic mass is 10.2. The summed E-state index contributed by atoms with van der Waals surface area (Å²) < 4.78 is 5.48. The van der Waals surface area contributed by atoms with E-state index in [1.165, 1.54) is 15.8 Å². The van der Waals surface area contributed by atoms with E-state index >= 15 is 0 Å². The van der Waals surface area contributed by atoms with Gasteiger partial charge in [0, 0.05) is 50.7 Å². The average molecular weight is 445 g/mol. The van der Waals surface area contributed by atoms with Gasteiger partial charge in [-0.15, -0.1) is 17.9 Å². The predicted octanol–water partition coefficient (Wildman–Crippen LogP) is 1.56. The highest BCUT2D eigenvalue weighted by Gasteiger charge is 2.25. The van der Waals surface area contributed by atoms with Crippen molar-refractivity contribution in [1.82, 2.24) is 25.1 Å². The van der Waals surface area contributed by atoms with Crippen molar-refractivity contribution in [3.63, 3.8) is 0 Å². The van der Waals surface area contributed by atoms with Gasteiger partial charge in [-0.05, 0) is 19.4 Å². The Morgan fingerprint density at radius 2 is 1.87 bits per heavy atom. The number of amides is 1. The Morgan fingerprint density at radius 1 is 1.13 bits per heavy atom. The van der Waals surface area contributed by atoms with Gasteiger partial charge in [-0.1, -0.05) is 6.08 Å². The number of morpholine rings is 1. The predicted molar refractivity (Wildman–Crippen MR) is 125 cm³/mol. The molecule has 0 spiro atoms. The number of hydrogen-bond acceptors (Lipinski definition) is 8. The van der Waals surface area contributed by atoms with Gasteiger partial charge < -0.3 is 15.0 Å². The average Bonchev–Trinajstić information content (AvgIpc) is 3.06. The fraction of sp³-hybridized carbons (Fsp3) is 0.591. The summed E-state index contributed by atoms with van der Waals surface area (Å²) in [6, 6.07) is 0. The molecule has 1 N–H and O–H groups in total. The molecule has 4 rings (SSSR count). The number of fused-ring (bicyclic) bond motifs is 1. The normalized spacial score (nSPS) is 18.5. The zero-order valence-electron chi connectivity index (χ0n) is 18.5. The van der Waals surface area contributed by atoms with E-state index < -0.39 is 0 Å². The van der Waals surface area contributed by atoms with E-state index in [1.54, 1.807) is 17.4 Å². The van der Waals surface area contributed by atoms with Crippen LogP contribution >= 0.6 is 11.3 Å². The minimum Gasteiger partial charge on any atom is -0.379 e. The highest BCUT2D eigenvalue weighted by atomic mass is 32.1. The van der Waals surface area contributed by atoms with E-state index in [9.17, 15) is 4.79 Å². The summed E-state index contributed by atoms with van der Waals surface area (Å²) in [5.41, 5.74) is 1.28. The van der Waals surface area contributed by atoms with Crippen LogP contribution in [0.15, 0.2) is 12.7 Å². The second kappa shape index (κ2) is 10.0. The van der Waals surface area contributed by atoms with Crippen molar-refractivity contribution in [2.45, 2.75) is 20.4 Å². The van der Waals surface area contributed by atoms with E-state index in [0.717, 1.165) is 75.5 Å². The molecule has 0 bridgehead atoms. The van der Waals surface area contributed by atoms with Gasteiger partial charge in [0.15, 0.2) is 0 Å². The lowest BCUT2D eigenvalue weighted by Gasteiger charge is -2.35. The highest BCUT2D eigenvalue weighted by Crippen LogP contribution is 2.35. The highest BCUT2D eigenvalue weighted by molar-refractivity contribution is 7.18. The van der Waals surface area contributed by atoms with Gasteiger partial charge in [-0.25, -0.2) is 9.97 Å². The Labute approximate surface area is 187 Å². The van der Waals surface area contributed by atoms with Crippen molar-refractivity contribution in [2.75, 3.05) is 70.5 Å². The monoisotopic (exact) mass is 444 g/mol. The first-order chi connectivity index (χ1) is 15.0. The topological polar surface area (TPSA) is 73.8 Å². The number of carbonyl (C=O) groups is 1. The van der Waals surface area contributed by atoms with Crippen LogP contribution in [0.4, 0.5) is 5.82 Å². The van der Waals surface area contributed by atoms with Crippen LogP contribution in [-0.2, 0) is 16.1 Å². The molecule has 0 atom stereocenters. The molecule has 0 aromatic carbocycles. The number of nitrogens with one attached hydrogen (secondary N) is 1. The van der Waals surface area contributed by atoms with E-state index in [-0.39, 0.29) is 5.91 Å². The molecule has 2 aliphatic heterocycles. The molecule has 9 heteroatoms. The molecule has 2 saturated heterocycles. The van der Waals surface area contributed by atoms with Gasteiger partial charge in [0.2, 0.25) is 5.91 Å². The van der Waals surface area contributed by atoms with Crippen molar-refractivity contribution in [1.29, 1.82) is 0 Å². The maximum atomic E-state index is 12.0. The lowest BCUT2D eigenvalue weighted by Crippen LogP contribution is -2.49. The summed E-state index contributed by atoms with van der Waals surface area (Å²) in [5, 5.41) is 4.04. The molecule has 2 fully saturated rings. The van der Waals surface area contributed by atoms with Crippen LogP contribution in [0.3, 0.4) is 0 Å². The standard InChI is InChI=1S/C22H32N6O2S/c1-4-5-23-19(29)15-26-6-8-28(9-7-26)21-20-16(2)17(3)31-22(20)25-18(24-21)14-27-10-12-30-13-11-27/h4H,1,5-15H2,2-3H3,(H,23,29). The fourth-order valence-corrected chi connectivity index (χ4v) is 5.14. The van der Waals surface area contributed by atoms with Crippen LogP contribution in [0, 0.1) is 13.8 Å². The summed E-state index contributed by atoms with van der Waals surface area (Å²) in [6.07, 6.45) is 1.70. The molecule has 4 heterocycles. The summed E-state index contributed by atoms with van der Waals surface area (Å²) in [4.78, 5) is 31.3. The van der Waals surface area contributed by atoms with Crippen LogP contribution in [0.25, 0.3) is 10.2 Å². The molecule has 0 radical (unpaired) electrons. The number of piperazine rings is 1. The van der Waals surface area contributed by atoms with Crippen LogP contribution < -0.4 is 10.2 Å². The third kappa shape index (κ3) is 5.23. The second-order valence-corrected chi connectivity index (χ2v) is 9.37. The molecule has 8 nitrogen and oxygen atoms in total. The molecule has 2 aromatic heterocycles. The summed E-state index contributed by atoms with van der Waals surface area (Å²) in [5.74, 6) is 1.98. The molecule has 31 heavy (non-hydrogen) atoms. The quantitative estimate of drug-likeness (QED) is 0.650. The molecule has 0 unspecified atom stereocenters. The van der Waals surface area contributed by atoms with Crippen LogP contribution in [0.1, 0.15) is 16.3 Å². The SMILES string of the molecule is C=CCNC(=O)CN1CCN(c2nc(CN3CCOCC3)nc3sc(C)c(C)c23)CC1. The first-order valence-corrected chi connectivity index (χ1v) is 11.8. The number of ether oxygens (including phenoxy) is 1. The third-order valence-corrected chi connectivity index (χ3v) is 7.11. The minimum absolute atomic E-state index is 0.0508. The maximum absolute atomic E-state index is 12.0. The second-order valence-electron chi connectivity index (χ2n) is 8.17. The largest absolute Gasteiger partial charge is 0.379 e. The Kier molecular flexibility index (Phi) is 7.16. The Balaban J connectivity index is 1.51. The third-order valence-electron chi connectivity index (χ3n) is 6.01. The minimum atomic E-state index is 0.0508. The molecular formula is C22H32N6O2S. The molecule has 168 valence electrons. The van der Waals surface area contributed by atoms with Crippen LogP contribution in [-0.4, -0.2) is 91.2 Å². The molecule has 0 aliphatic carbocycles. The zero-order valence-corrected chi connectivity index (χ0v) is 19.3. The van der Waals surface area contributed by atoms with Crippen molar-refractivity contribution in [3.05, 3.63) is 28.9 Å². The number of nitrogens with zero attached hydrogens (tertiary/aromatic N) is 5. The smallest absolute Gasteiger partial charge is 0.234 e. The van der Waals surface area contributed by atoms with E-state index in [4.69, 9.17) is 14.7 Å². The first-order valence-electron chi connectivity index (χ1n) is 11.0. The number of anilines is 1. The van der Waals surface area contributed by atoms with Crippen LogP contribution in [0.2, 0.25) is 0 Å². The maximum Gasteiger partial charge on any atom is 0.234 e. The van der Waals surface area contributed by atoms with Crippen molar-refractivity contribution >= 4 is 33.3 Å². The van der Waals surface area contributed by atoms with Gasteiger partial charge in [-0.3, -0.25) is 14.6 Å². The lowest BCUT2D eigenvalue weighted by molar-refractivity contribution is -0.122. The molecule has 2 aromatic rings. The fourth-order valence-electron chi connectivity index (χ4n) is 4.09. The summed E-state index contributed by atoms with van der Waals surface area (Å²) in [6.45, 7) is 16.5. The molecular weight excluding hydrogens is 412 g/mol. The summed E-state index contributed by atoms with van der Waals surface area (Å²) in [7, 11) is 0. The molecule has 1 amide bonds. The van der Waals surface area contributed by atoms with Gasteiger partial charge in [0.25, 0.3) is 0 Å². The van der Waals surface area contributed by atoms with Gasteiger partial charge in [-0.2, -0.15) is 0 Å².